The molecule has 0 unspecified atom stereocenters. The van der Waals surface area contributed by atoms with Crippen LogP contribution in [0.4, 0.5) is 0 Å². The summed E-state index contributed by atoms with van der Waals surface area (Å²) >= 11 is 0. The maximum Gasteiger partial charge on any atom is 0.194 e. The third-order valence-corrected chi connectivity index (χ3v) is 5.18. The van der Waals surface area contributed by atoms with Crippen LogP contribution in [0.25, 0.3) is 0 Å². The molecule has 3 rings (SSSR count). The van der Waals surface area contributed by atoms with Gasteiger partial charge in [-0.15, -0.1) is 24.0 Å². The van der Waals surface area contributed by atoms with E-state index in [0.717, 1.165) is 50.1 Å². The van der Waals surface area contributed by atoms with Gasteiger partial charge in [-0.2, -0.15) is 0 Å². The molecule has 0 aliphatic carbocycles. The van der Waals surface area contributed by atoms with Crippen LogP contribution in [0, 0.1) is 0 Å². The van der Waals surface area contributed by atoms with E-state index < -0.39 is 0 Å². The van der Waals surface area contributed by atoms with Crippen LogP contribution >= 0.6 is 24.0 Å². The van der Waals surface area contributed by atoms with Gasteiger partial charge in [0.2, 0.25) is 0 Å². The van der Waals surface area contributed by atoms with Gasteiger partial charge in [0.1, 0.15) is 0 Å². The molecular weight excluding hydrogens is 493 g/mol. The zero-order valence-electron chi connectivity index (χ0n) is 18.2. The first-order valence-electron chi connectivity index (χ1n) is 10.0. The SMILES string of the molecule is CCOCc1ccc(CNC(=NC)N2CCc3cc(OC)c(OC)cc3C2)cc1.I. The molecule has 0 fully saturated rings. The minimum Gasteiger partial charge on any atom is -0.493 e. The molecule has 30 heavy (non-hydrogen) atoms. The summed E-state index contributed by atoms with van der Waals surface area (Å²) in [6, 6.07) is 12.7. The fourth-order valence-electron chi connectivity index (χ4n) is 3.55. The predicted octanol–water partition coefficient (Wildman–Crippen LogP) is 3.99. The average Bonchev–Trinajstić information content (AvgIpc) is 2.77. The topological polar surface area (TPSA) is 55.3 Å². The van der Waals surface area contributed by atoms with E-state index in [4.69, 9.17) is 14.2 Å². The van der Waals surface area contributed by atoms with Crippen molar-refractivity contribution in [2.75, 3.05) is 34.4 Å². The monoisotopic (exact) mass is 525 g/mol. The summed E-state index contributed by atoms with van der Waals surface area (Å²) in [5.74, 6) is 2.46. The Hall–Kier alpha value is -2.00. The number of aliphatic imine (C=N–C) groups is 1. The molecule has 0 saturated heterocycles. The van der Waals surface area contributed by atoms with Crippen LogP contribution < -0.4 is 14.8 Å². The van der Waals surface area contributed by atoms with Gasteiger partial charge in [0.25, 0.3) is 0 Å². The highest BCUT2D eigenvalue weighted by Gasteiger charge is 2.21. The minimum absolute atomic E-state index is 0. The molecule has 1 N–H and O–H groups in total. The molecule has 2 aromatic rings. The van der Waals surface area contributed by atoms with Crippen molar-refractivity contribution in [3.05, 3.63) is 58.7 Å². The van der Waals surface area contributed by atoms with Crippen molar-refractivity contribution >= 4 is 29.9 Å². The predicted molar refractivity (Wildman–Crippen MR) is 131 cm³/mol. The third-order valence-electron chi connectivity index (χ3n) is 5.18. The molecule has 0 amide bonds. The van der Waals surface area contributed by atoms with Crippen LogP contribution in [-0.2, 0) is 30.9 Å². The third kappa shape index (κ3) is 6.01. The van der Waals surface area contributed by atoms with Crippen molar-refractivity contribution < 1.29 is 14.2 Å². The lowest BCUT2D eigenvalue weighted by Crippen LogP contribution is -2.43. The van der Waals surface area contributed by atoms with Crippen LogP contribution in [0.3, 0.4) is 0 Å². The Morgan fingerprint density at radius 2 is 1.67 bits per heavy atom. The molecule has 1 aliphatic rings. The van der Waals surface area contributed by atoms with Crippen molar-refractivity contribution in [1.29, 1.82) is 0 Å². The van der Waals surface area contributed by atoms with E-state index in [1.165, 1.54) is 22.3 Å². The maximum atomic E-state index is 5.47. The van der Waals surface area contributed by atoms with Gasteiger partial charge < -0.3 is 24.4 Å². The van der Waals surface area contributed by atoms with E-state index in [-0.39, 0.29) is 24.0 Å². The number of nitrogens with zero attached hydrogens (tertiary/aromatic N) is 2. The highest BCUT2D eigenvalue weighted by molar-refractivity contribution is 14.0. The van der Waals surface area contributed by atoms with E-state index in [1.807, 2.05) is 14.0 Å². The van der Waals surface area contributed by atoms with Gasteiger partial charge in [0, 0.05) is 33.3 Å². The van der Waals surface area contributed by atoms with Crippen LogP contribution in [0.1, 0.15) is 29.2 Å². The number of guanidine groups is 1. The minimum atomic E-state index is 0. The molecule has 0 atom stereocenters. The Morgan fingerprint density at radius 1 is 1.03 bits per heavy atom. The molecule has 1 aliphatic heterocycles. The lowest BCUT2D eigenvalue weighted by Gasteiger charge is -2.32. The number of rotatable bonds is 7. The Morgan fingerprint density at radius 3 is 2.27 bits per heavy atom. The molecule has 0 spiro atoms. The quantitative estimate of drug-likeness (QED) is 0.337. The average molecular weight is 525 g/mol. The summed E-state index contributed by atoms with van der Waals surface area (Å²) in [5, 5.41) is 3.49. The number of fused-ring (bicyclic) bond motifs is 1. The van der Waals surface area contributed by atoms with Crippen molar-refractivity contribution in [2.45, 2.75) is 33.0 Å². The van der Waals surface area contributed by atoms with Crippen LogP contribution in [0.2, 0.25) is 0 Å². The first kappa shape index (κ1) is 24.3. The first-order valence-corrected chi connectivity index (χ1v) is 10.0. The normalized spacial score (nSPS) is 13.3. The molecule has 0 aromatic heterocycles. The molecule has 6 nitrogen and oxygen atoms in total. The second-order valence-corrected chi connectivity index (χ2v) is 7.00. The molecule has 7 heteroatoms. The van der Waals surface area contributed by atoms with Crippen molar-refractivity contribution in [1.82, 2.24) is 10.2 Å². The highest BCUT2D eigenvalue weighted by atomic mass is 127. The zero-order valence-corrected chi connectivity index (χ0v) is 20.6. The van der Waals surface area contributed by atoms with Crippen molar-refractivity contribution in [3.63, 3.8) is 0 Å². The van der Waals surface area contributed by atoms with E-state index in [0.29, 0.717) is 6.61 Å². The number of halogens is 1. The number of nitrogens with one attached hydrogen (secondary N) is 1. The van der Waals surface area contributed by atoms with Crippen LogP contribution in [0.5, 0.6) is 11.5 Å². The highest BCUT2D eigenvalue weighted by Crippen LogP contribution is 2.33. The lowest BCUT2D eigenvalue weighted by atomic mass is 9.99. The van der Waals surface area contributed by atoms with E-state index >= 15 is 0 Å². The largest absolute Gasteiger partial charge is 0.493 e. The van der Waals surface area contributed by atoms with Gasteiger partial charge in [0.15, 0.2) is 17.5 Å². The van der Waals surface area contributed by atoms with Crippen molar-refractivity contribution in [3.8, 4) is 11.5 Å². The van der Waals surface area contributed by atoms with E-state index in [2.05, 4.69) is 51.6 Å². The van der Waals surface area contributed by atoms with E-state index in [9.17, 15) is 0 Å². The molecular formula is C23H32IN3O3. The molecule has 0 bridgehead atoms. The number of methoxy groups -OCH3 is 2. The lowest BCUT2D eigenvalue weighted by molar-refractivity contribution is 0.134. The number of ether oxygens (including phenoxy) is 3. The molecule has 164 valence electrons. The summed E-state index contributed by atoms with van der Waals surface area (Å²) in [5.41, 5.74) is 4.96. The van der Waals surface area contributed by atoms with Gasteiger partial charge in [-0.25, -0.2) is 0 Å². The summed E-state index contributed by atoms with van der Waals surface area (Å²) < 4.78 is 16.4. The number of hydrogen-bond acceptors (Lipinski definition) is 4. The van der Waals surface area contributed by atoms with E-state index in [1.54, 1.807) is 14.2 Å². The molecule has 0 radical (unpaired) electrons. The van der Waals surface area contributed by atoms with Crippen LogP contribution in [0.15, 0.2) is 41.4 Å². The van der Waals surface area contributed by atoms with Crippen molar-refractivity contribution in [2.24, 2.45) is 4.99 Å². The summed E-state index contributed by atoms with van der Waals surface area (Å²) in [7, 11) is 5.18. The number of benzene rings is 2. The first-order chi connectivity index (χ1) is 14.2. The summed E-state index contributed by atoms with van der Waals surface area (Å²) in [6.07, 6.45) is 0.947. The Labute approximate surface area is 196 Å². The summed E-state index contributed by atoms with van der Waals surface area (Å²) in [4.78, 5) is 6.77. The molecule has 2 aromatic carbocycles. The number of hydrogen-bond donors (Lipinski definition) is 1. The van der Waals surface area contributed by atoms with Gasteiger partial charge in [-0.3, -0.25) is 4.99 Å². The maximum absolute atomic E-state index is 5.47. The smallest absolute Gasteiger partial charge is 0.194 e. The van der Waals surface area contributed by atoms with Gasteiger partial charge in [-0.05, 0) is 47.7 Å². The second kappa shape index (κ2) is 12.0. The van der Waals surface area contributed by atoms with Gasteiger partial charge in [-0.1, -0.05) is 24.3 Å². The second-order valence-electron chi connectivity index (χ2n) is 7.00. The Kier molecular flexibility index (Phi) is 9.71. The molecule has 1 heterocycles. The van der Waals surface area contributed by atoms with Crippen LogP contribution in [-0.4, -0.2) is 45.3 Å². The zero-order chi connectivity index (χ0) is 20.6. The van der Waals surface area contributed by atoms with Gasteiger partial charge in [0.05, 0.1) is 20.8 Å². The fraction of sp³-hybridized carbons (Fsp3) is 0.435. The standard InChI is InChI=1S/C23H31N3O3.HI/c1-5-29-16-18-8-6-17(7-9-18)14-25-23(24-2)26-11-10-19-12-21(27-3)22(28-4)13-20(19)15-26;/h6-9,12-13H,5,10-11,14-16H2,1-4H3,(H,24,25);1H. The molecule has 0 saturated carbocycles. The Balaban J connectivity index is 0.00000320. The van der Waals surface area contributed by atoms with Gasteiger partial charge >= 0.3 is 0 Å². The fourth-order valence-corrected chi connectivity index (χ4v) is 3.55. The Bertz CT molecular complexity index is 840. The summed E-state index contributed by atoms with van der Waals surface area (Å²) in [6.45, 7) is 5.84.